The lowest BCUT2D eigenvalue weighted by molar-refractivity contribution is -0.135. The van der Waals surface area contributed by atoms with Crippen LogP contribution in [0.4, 0.5) is 0 Å². The predicted octanol–water partition coefficient (Wildman–Crippen LogP) is 2.69. The molecule has 2 aromatic rings. The van der Waals surface area contributed by atoms with Gasteiger partial charge in [0.15, 0.2) is 0 Å². The fourth-order valence-electron chi connectivity index (χ4n) is 4.18. The second-order valence-corrected chi connectivity index (χ2v) is 7.44. The van der Waals surface area contributed by atoms with Crippen molar-refractivity contribution in [3.05, 3.63) is 29.8 Å². The van der Waals surface area contributed by atoms with Crippen LogP contribution in [0.3, 0.4) is 0 Å². The molecule has 25 heavy (non-hydrogen) atoms. The van der Waals surface area contributed by atoms with Gasteiger partial charge in [-0.2, -0.15) is 4.80 Å². The number of rotatable bonds is 3. The first-order valence-corrected chi connectivity index (χ1v) is 9.31. The molecule has 1 aliphatic heterocycles. The minimum absolute atomic E-state index is 0.108. The summed E-state index contributed by atoms with van der Waals surface area (Å²) in [4.78, 5) is 16.1. The Morgan fingerprint density at radius 1 is 1.12 bits per heavy atom. The Balaban J connectivity index is 1.39. The fourth-order valence-corrected chi connectivity index (χ4v) is 4.18. The average molecular weight is 339 g/mol. The molecular formula is C19H25N5O. The Morgan fingerprint density at radius 3 is 2.68 bits per heavy atom. The summed E-state index contributed by atoms with van der Waals surface area (Å²) in [6.45, 7) is 4.00. The number of aryl methyl sites for hydroxylation is 1. The van der Waals surface area contributed by atoms with Gasteiger partial charge in [0.2, 0.25) is 11.7 Å². The van der Waals surface area contributed by atoms with E-state index in [1.807, 2.05) is 36.1 Å². The Bertz CT molecular complexity index is 739. The minimum atomic E-state index is 0.108. The summed E-state index contributed by atoms with van der Waals surface area (Å²) in [5, 5.41) is 12.5. The van der Waals surface area contributed by atoms with Crippen LogP contribution >= 0.6 is 0 Å². The largest absolute Gasteiger partial charge is 0.341 e. The summed E-state index contributed by atoms with van der Waals surface area (Å²) in [5.74, 6) is 2.20. The first kappa shape index (κ1) is 16.2. The predicted molar refractivity (Wildman–Crippen MR) is 94.6 cm³/mol. The van der Waals surface area contributed by atoms with Crippen LogP contribution < -0.4 is 0 Å². The molecule has 0 spiro atoms. The van der Waals surface area contributed by atoms with E-state index in [0.29, 0.717) is 11.7 Å². The van der Waals surface area contributed by atoms with Crippen molar-refractivity contribution in [2.75, 3.05) is 13.1 Å². The molecule has 2 fully saturated rings. The summed E-state index contributed by atoms with van der Waals surface area (Å²) in [6.07, 6.45) is 6.44. The van der Waals surface area contributed by atoms with Gasteiger partial charge in [0.25, 0.3) is 0 Å². The van der Waals surface area contributed by atoms with Crippen molar-refractivity contribution in [2.45, 2.75) is 45.6 Å². The molecule has 2 atom stereocenters. The van der Waals surface area contributed by atoms with Crippen molar-refractivity contribution in [3.8, 4) is 11.4 Å². The van der Waals surface area contributed by atoms with E-state index in [2.05, 4.69) is 15.4 Å². The molecule has 2 heterocycles. The maximum absolute atomic E-state index is 12.6. The standard InChI is InChI=1S/C19H25N5O/c1-14-6-8-16(9-7-14)19-20-22-24(21-19)13-18(25)23-11-10-15-4-2-3-5-17(15)12-23/h6-9,15,17H,2-5,10-13H2,1H3/t15-,17-/m1/s1. The Morgan fingerprint density at radius 2 is 1.88 bits per heavy atom. The summed E-state index contributed by atoms with van der Waals surface area (Å²) < 4.78 is 0. The lowest BCUT2D eigenvalue weighted by atomic mass is 9.75. The van der Waals surface area contributed by atoms with Gasteiger partial charge in [-0.05, 0) is 36.8 Å². The normalized spacial score (nSPS) is 23.3. The van der Waals surface area contributed by atoms with Crippen LogP contribution in [-0.2, 0) is 11.3 Å². The number of hydrogen-bond acceptors (Lipinski definition) is 4. The molecule has 1 aromatic carbocycles. The summed E-state index contributed by atoms with van der Waals surface area (Å²) in [7, 11) is 0. The number of benzene rings is 1. The second-order valence-electron chi connectivity index (χ2n) is 7.44. The van der Waals surface area contributed by atoms with E-state index < -0.39 is 0 Å². The van der Waals surface area contributed by atoms with E-state index in [-0.39, 0.29) is 12.5 Å². The van der Waals surface area contributed by atoms with Crippen molar-refractivity contribution < 1.29 is 4.79 Å². The van der Waals surface area contributed by atoms with Crippen LogP contribution in [0, 0.1) is 18.8 Å². The van der Waals surface area contributed by atoms with Crippen LogP contribution in [0.15, 0.2) is 24.3 Å². The number of fused-ring (bicyclic) bond motifs is 1. The number of piperidine rings is 1. The molecule has 132 valence electrons. The molecule has 6 heteroatoms. The Hall–Kier alpha value is -2.24. The molecule has 1 amide bonds. The number of hydrogen-bond donors (Lipinski definition) is 0. The maximum Gasteiger partial charge on any atom is 0.246 e. The topological polar surface area (TPSA) is 63.9 Å². The van der Waals surface area contributed by atoms with Gasteiger partial charge in [-0.1, -0.05) is 49.1 Å². The van der Waals surface area contributed by atoms with E-state index >= 15 is 0 Å². The zero-order valence-electron chi connectivity index (χ0n) is 14.8. The quantitative estimate of drug-likeness (QED) is 0.862. The van der Waals surface area contributed by atoms with Crippen LogP contribution in [0.5, 0.6) is 0 Å². The highest BCUT2D eigenvalue weighted by atomic mass is 16.2. The molecule has 1 saturated heterocycles. The zero-order valence-corrected chi connectivity index (χ0v) is 14.8. The van der Waals surface area contributed by atoms with Crippen LogP contribution in [0.1, 0.15) is 37.7 Å². The minimum Gasteiger partial charge on any atom is -0.341 e. The van der Waals surface area contributed by atoms with Gasteiger partial charge in [0.05, 0.1) is 0 Å². The van der Waals surface area contributed by atoms with Gasteiger partial charge in [0, 0.05) is 18.7 Å². The third-order valence-corrected chi connectivity index (χ3v) is 5.68. The molecule has 0 N–H and O–H groups in total. The lowest BCUT2D eigenvalue weighted by Gasteiger charge is -2.41. The smallest absolute Gasteiger partial charge is 0.246 e. The van der Waals surface area contributed by atoms with Crippen molar-refractivity contribution in [1.29, 1.82) is 0 Å². The monoisotopic (exact) mass is 339 g/mol. The molecule has 2 aliphatic rings. The number of likely N-dealkylation sites (tertiary alicyclic amines) is 1. The fraction of sp³-hybridized carbons (Fsp3) is 0.579. The highest BCUT2D eigenvalue weighted by Crippen LogP contribution is 2.36. The van der Waals surface area contributed by atoms with E-state index in [1.54, 1.807) is 0 Å². The van der Waals surface area contributed by atoms with Gasteiger partial charge >= 0.3 is 0 Å². The third kappa shape index (κ3) is 3.57. The molecule has 1 aromatic heterocycles. The van der Waals surface area contributed by atoms with E-state index in [1.165, 1.54) is 36.0 Å². The van der Waals surface area contributed by atoms with E-state index in [4.69, 9.17) is 0 Å². The second kappa shape index (κ2) is 6.94. The maximum atomic E-state index is 12.6. The third-order valence-electron chi connectivity index (χ3n) is 5.68. The summed E-state index contributed by atoms with van der Waals surface area (Å²) >= 11 is 0. The molecule has 0 radical (unpaired) electrons. The van der Waals surface area contributed by atoms with Crippen molar-refractivity contribution in [1.82, 2.24) is 25.1 Å². The van der Waals surface area contributed by atoms with Crippen molar-refractivity contribution in [3.63, 3.8) is 0 Å². The van der Waals surface area contributed by atoms with Gasteiger partial charge in [-0.3, -0.25) is 4.79 Å². The number of carbonyl (C=O) groups excluding carboxylic acids is 1. The van der Waals surface area contributed by atoms with Crippen LogP contribution in [-0.4, -0.2) is 44.1 Å². The molecule has 0 unspecified atom stereocenters. The lowest BCUT2D eigenvalue weighted by Crippen LogP contribution is -2.46. The average Bonchev–Trinajstić information content (AvgIpc) is 3.10. The SMILES string of the molecule is Cc1ccc(-c2nnn(CC(=O)N3CC[C@H]4CCCC[C@@H]4C3)n2)cc1. The number of amides is 1. The van der Waals surface area contributed by atoms with Crippen molar-refractivity contribution >= 4 is 5.91 Å². The van der Waals surface area contributed by atoms with E-state index in [0.717, 1.165) is 31.0 Å². The summed E-state index contributed by atoms with van der Waals surface area (Å²) in [5.41, 5.74) is 2.12. The number of aromatic nitrogens is 4. The number of tetrazole rings is 1. The van der Waals surface area contributed by atoms with E-state index in [9.17, 15) is 4.79 Å². The molecular weight excluding hydrogens is 314 g/mol. The number of nitrogens with zero attached hydrogens (tertiary/aromatic N) is 5. The first-order chi connectivity index (χ1) is 12.2. The zero-order chi connectivity index (χ0) is 17.2. The van der Waals surface area contributed by atoms with Gasteiger partial charge in [-0.25, -0.2) is 0 Å². The highest BCUT2D eigenvalue weighted by Gasteiger charge is 2.33. The van der Waals surface area contributed by atoms with Gasteiger partial charge in [-0.15, -0.1) is 10.2 Å². The highest BCUT2D eigenvalue weighted by molar-refractivity contribution is 5.76. The molecule has 1 aliphatic carbocycles. The van der Waals surface area contributed by atoms with Crippen LogP contribution in [0.25, 0.3) is 11.4 Å². The van der Waals surface area contributed by atoms with Crippen molar-refractivity contribution in [2.24, 2.45) is 11.8 Å². The summed E-state index contributed by atoms with van der Waals surface area (Å²) in [6, 6.07) is 8.00. The number of carbonyl (C=O) groups is 1. The molecule has 0 bridgehead atoms. The van der Waals surface area contributed by atoms with Gasteiger partial charge in [0.1, 0.15) is 6.54 Å². The molecule has 6 nitrogen and oxygen atoms in total. The molecule has 1 saturated carbocycles. The van der Waals surface area contributed by atoms with Gasteiger partial charge < -0.3 is 4.90 Å². The first-order valence-electron chi connectivity index (χ1n) is 9.31. The van der Waals surface area contributed by atoms with Crippen LogP contribution in [0.2, 0.25) is 0 Å². The molecule has 4 rings (SSSR count). The Labute approximate surface area is 148 Å². The Kier molecular flexibility index (Phi) is 4.51.